The Balaban J connectivity index is 1.47. The monoisotopic (exact) mass is 343 g/mol. The first-order chi connectivity index (χ1) is 12.1. The number of carbonyl (C=O) groups is 2. The smallest absolute Gasteiger partial charge is 0.338 e. The Bertz CT molecular complexity index is 729. The molecule has 0 radical (unpaired) electrons. The molecule has 1 aromatic heterocycles. The fraction of sp³-hybridized carbons (Fsp3) is 0.278. The van der Waals surface area contributed by atoms with Gasteiger partial charge in [0.1, 0.15) is 5.82 Å². The summed E-state index contributed by atoms with van der Waals surface area (Å²) in [5.41, 5.74) is 1.29. The lowest BCUT2D eigenvalue weighted by Crippen LogP contribution is -2.49. The van der Waals surface area contributed by atoms with Gasteiger partial charge in [0.05, 0.1) is 5.56 Å². The molecule has 0 bridgehead atoms. The Kier molecular flexibility index (Phi) is 5.23. The van der Waals surface area contributed by atoms with Gasteiger partial charge in [-0.3, -0.25) is 9.78 Å². The zero-order valence-electron chi connectivity index (χ0n) is 13.6. The lowest BCUT2D eigenvalue weighted by Gasteiger charge is -2.36. The summed E-state index contributed by atoms with van der Waals surface area (Å²) >= 11 is 0. The highest BCUT2D eigenvalue weighted by Gasteiger charge is 2.22. The molecule has 2 aromatic rings. The summed E-state index contributed by atoms with van der Waals surface area (Å²) in [6, 6.07) is 9.37. The van der Waals surface area contributed by atoms with Crippen LogP contribution in [0.25, 0.3) is 0 Å². The Hall–Kier alpha value is -2.96. The number of piperazine rings is 1. The third-order valence-corrected chi connectivity index (χ3v) is 4.07. The van der Waals surface area contributed by atoms with E-state index in [4.69, 9.17) is 4.74 Å². The molecule has 1 amide bonds. The number of hydrogen-bond donors (Lipinski definition) is 0. The largest absolute Gasteiger partial charge is 0.452 e. The number of nitrogens with zero attached hydrogens (tertiary/aromatic N) is 3. The van der Waals surface area contributed by atoms with E-state index < -0.39 is 5.97 Å². The van der Waals surface area contributed by atoms with Crippen molar-refractivity contribution in [1.29, 1.82) is 0 Å². The van der Waals surface area contributed by atoms with Crippen LogP contribution in [0.2, 0.25) is 0 Å². The minimum Gasteiger partial charge on any atom is -0.452 e. The normalized spacial score (nSPS) is 14.3. The third-order valence-electron chi connectivity index (χ3n) is 4.07. The van der Waals surface area contributed by atoms with Crippen molar-refractivity contribution in [2.24, 2.45) is 0 Å². The van der Waals surface area contributed by atoms with Crippen molar-refractivity contribution in [2.75, 3.05) is 37.7 Å². The molecule has 1 saturated heterocycles. The zero-order valence-corrected chi connectivity index (χ0v) is 13.6. The highest BCUT2D eigenvalue weighted by molar-refractivity contribution is 5.91. The third kappa shape index (κ3) is 4.32. The minimum atomic E-state index is -0.541. The Labute approximate surface area is 144 Å². The Morgan fingerprint density at radius 3 is 2.28 bits per heavy atom. The molecule has 0 atom stereocenters. The van der Waals surface area contributed by atoms with Crippen LogP contribution in [0.1, 0.15) is 10.4 Å². The Morgan fingerprint density at radius 1 is 1.00 bits per heavy atom. The number of amides is 1. The topological polar surface area (TPSA) is 62.7 Å². The van der Waals surface area contributed by atoms with E-state index in [1.807, 2.05) is 0 Å². The molecule has 1 aliphatic rings. The molecular formula is C18H18FN3O3. The van der Waals surface area contributed by atoms with E-state index in [1.54, 1.807) is 17.0 Å². The van der Waals surface area contributed by atoms with Crippen LogP contribution in [0.4, 0.5) is 10.1 Å². The number of pyridine rings is 1. The fourth-order valence-electron chi connectivity index (χ4n) is 2.66. The molecule has 6 nitrogen and oxygen atoms in total. The lowest BCUT2D eigenvalue weighted by molar-refractivity contribution is -0.134. The number of ether oxygens (including phenoxy) is 1. The van der Waals surface area contributed by atoms with Crippen molar-refractivity contribution in [3.8, 4) is 0 Å². The van der Waals surface area contributed by atoms with Gasteiger partial charge in [-0.2, -0.15) is 0 Å². The van der Waals surface area contributed by atoms with E-state index >= 15 is 0 Å². The highest BCUT2D eigenvalue weighted by atomic mass is 19.1. The molecule has 0 aliphatic carbocycles. The molecule has 1 fully saturated rings. The molecule has 2 heterocycles. The molecule has 0 saturated carbocycles. The SMILES string of the molecule is O=C(OCC(=O)N1CCN(c2ccc(F)cc2)CC1)c1ccncc1. The molecule has 1 aliphatic heterocycles. The second kappa shape index (κ2) is 7.74. The first-order valence-corrected chi connectivity index (χ1v) is 7.99. The minimum absolute atomic E-state index is 0.221. The number of benzene rings is 1. The maximum Gasteiger partial charge on any atom is 0.338 e. The number of esters is 1. The lowest BCUT2D eigenvalue weighted by atomic mass is 10.2. The summed E-state index contributed by atoms with van der Waals surface area (Å²) < 4.78 is 18.0. The van der Waals surface area contributed by atoms with Crippen molar-refractivity contribution in [3.63, 3.8) is 0 Å². The van der Waals surface area contributed by atoms with E-state index in [2.05, 4.69) is 9.88 Å². The predicted octanol–water partition coefficient (Wildman–Crippen LogP) is 1.73. The molecule has 7 heteroatoms. The molecule has 1 aromatic carbocycles. The molecule has 0 N–H and O–H groups in total. The van der Waals surface area contributed by atoms with Crippen LogP contribution in [-0.4, -0.2) is 54.5 Å². The maximum absolute atomic E-state index is 13.0. The van der Waals surface area contributed by atoms with Crippen LogP contribution < -0.4 is 4.90 Å². The van der Waals surface area contributed by atoms with E-state index in [9.17, 15) is 14.0 Å². The van der Waals surface area contributed by atoms with Crippen LogP contribution in [0.5, 0.6) is 0 Å². The summed E-state index contributed by atoms with van der Waals surface area (Å²) in [5, 5.41) is 0. The van der Waals surface area contributed by atoms with Crippen molar-refractivity contribution in [2.45, 2.75) is 0 Å². The van der Waals surface area contributed by atoms with Gasteiger partial charge < -0.3 is 14.5 Å². The van der Waals surface area contributed by atoms with E-state index in [1.165, 1.54) is 36.7 Å². The van der Waals surface area contributed by atoms with Gasteiger partial charge in [-0.05, 0) is 36.4 Å². The zero-order chi connectivity index (χ0) is 17.6. The van der Waals surface area contributed by atoms with Gasteiger partial charge in [0.15, 0.2) is 6.61 Å². The first kappa shape index (κ1) is 16.9. The number of anilines is 1. The second-order valence-corrected chi connectivity index (χ2v) is 5.66. The van der Waals surface area contributed by atoms with Crippen LogP contribution in [0, 0.1) is 5.82 Å². The molecule has 0 spiro atoms. The van der Waals surface area contributed by atoms with Gasteiger partial charge in [0.25, 0.3) is 5.91 Å². The molecular weight excluding hydrogens is 325 g/mol. The molecule has 0 unspecified atom stereocenters. The van der Waals surface area contributed by atoms with E-state index in [-0.39, 0.29) is 18.3 Å². The van der Waals surface area contributed by atoms with Gasteiger partial charge in [-0.15, -0.1) is 0 Å². The standard InChI is InChI=1S/C18H18FN3O3/c19-15-1-3-16(4-2-15)21-9-11-22(12-10-21)17(23)13-25-18(24)14-5-7-20-8-6-14/h1-8H,9-13H2. The van der Waals surface area contributed by atoms with Gasteiger partial charge in [-0.1, -0.05) is 0 Å². The average Bonchev–Trinajstić information content (AvgIpc) is 2.67. The predicted molar refractivity (Wildman–Crippen MR) is 89.7 cm³/mol. The van der Waals surface area contributed by atoms with Gasteiger partial charge in [0, 0.05) is 44.3 Å². The van der Waals surface area contributed by atoms with Crippen molar-refractivity contribution >= 4 is 17.6 Å². The van der Waals surface area contributed by atoms with Gasteiger partial charge >= 0.3 is 5.97 Å². The maximum atomic E-state index is 13.0. The molecule has 130 valence electrons. The number of hydrogen-bond acceptors (Lipinski definition) is 5. The first-order valence-electron chi connectivity index (χ1n) is 7.99. The number of carbonyl (C=O) groups excluding carboxylic acids is 2. The molecule has 3 rings (SSSR count). The van der Waals surface area contributed by atoms with Crippen LogP contribution in [-0.2, 0) is 9.53 Å². The molecule has 25 heavy (non-hydrogen) atoms. The number of halogens is 1. The Morgan fingerprint density at radius 2 is 1.64 bits per heavy atom. The van der Waals surface area contributed by atoms with Gasteiger partial charge in [0.2, 0.25) is 0 Å². The second-order valence-electron chi connectivity index (χ2n) is 5.66. The van der Waals surface area contributed by atoms with Crippen molar-refractivity contribution < 1.29 is 18.7 Å². The summed E-state index contributed by atoms with van der Waals surface area (Å²) in [7, 11) is 0. The summed E-state index contributed by atoms with van der Waals surface area (Å²) in [4.78, 5) is 31.6. The fourth-order valence-corrected chi connectivity index (χ4v) is 2.66. The van der Waals surface area contributed by atoms with Crippen molar-refractivity contribution in [3.05, 3.63) is 60.2 Å². The van der Waals surface area contributed by atoms with Crippen LogP contribution in [0.3, 0.4) is 0 Å². The quantitative estimate of drug-likeness (QED) is 0.791. The number of aromatic nitrogens is 1. The van der Waals surface area contributed by atoms with Crippen molar-refractivity contribution in [1.82, 2.24) is 9.88 Å². The van der Waals surface area contributed by atoms with E-state index in [0.29, 0.717) is 31.7 Å². The number of rotatable bonds is 4. The summed E-state index contributed by atoms with van der Waals surface area (Å²) in [5.74, 6) is -1.03. The summed E-state index contributed by atoms with van der Waals surface area (Å²) in [6.07, 6.45) is 2.99. The van der Waals surface area contributed by atoms with Crippen LogP contribution in [0.15, 0.2) is 48.8 Å². The van der Waals surface area contributed by atoms with Gasteiger partial charge in [-0.25, -0.2) is 9.18 Å². The summed E-state index contributed by atoms with van der Waals surface area (Å²) in [6.45, 7) is 2.08. The average molecular weight is 343 g/mol. The van der Waals surface area contributed by atoms with E-state index in [0.717, 1.165) is 5.69 Å². The van der Waals surface area contributed by atoms with Crippen LogP contribution >= 0.6 is 0 Å². The highest BCUT2D eigenvalue weighted by Crippen LogP contribution is 2.17.